The first-order valence-corrected chi connectivity index (χ1v) is 5.67. The first-order chi connectivity index (χ1) is 6.50. The molecule has 0 spiro atoms. The second kappa shape index (κ2) is 4.68. The van der Waals surface area contributed by atoms with E-state index in [2.05, 4.69) is 15.9 Å². The predicted molar refractivity (Wildman–Crippen MR) is 55.6 cm³/mol. The molecule has 76 valence electrons. The van der Waals surface area contributed by atoms with Gasteiger partial charge in [0.2, 0.25) is 0 Å². The molecule has 1 aromatic rings. The summed E-state index contributed by atoms with van der Waals surface area (Å²) in [5.41, 5.74) is 0.392. The molecular formula is C8H7BrO4S. The van der Waals surface area contributed by atoms with Crippen molar-refractivity contribution in [3.05, 3.63) is 33.8 Å². The number of hydrogen-bond acceptors (Lipinski definition) is 2. The average Bonchev–Trinajstić information content (AvgIpc) is 2.01. The van der Waals surface area contributed by atoms with Gasteiger partial charge in [0.15, 0.2) is 11.1 Å². The van der Waals surface area contributed by atoms with Crippen molar-refractivity contribution < 1.29 is 18.7 Å². The molecule has 0 radical (unpaired) electrons. The number of aromatic carboxylic acids is 1. The summed E-state index contributed by atoms with van der Waals surface area (Å²) >= 11 is 1.13. The van der Waals surface area contributed by atoms with Gasteiger partial charge >= 0.3 is 5.97 Å². The average molecular weight is 279 g/mol. The lowest BCUT2D eigenvalue weighted by atomic mass is 10.1. The Morgan fingerprint density at radius 1 is 1.50 bits per heavy atom. The van der Waals surface area contributed by atoms with Gasteiger partial charge in [-0.25, -0.2) is 9.00 Å². The highest BCUT2D eigenvalue weighted by atomic mass is 79.9. The van der Waals surface area contributed by atoms with Crippen molar-refractivity contribution in [1.82, 2.24) is 0 Å². The zero-order chi connectivity index (χ0) is 10.7. The van der Waals surface area contributed by atoms with Gasteiger partial charge in [-0.05, 0) is 23.8 Å². The van der Waals surface area contributed by atoms with E-state index in [0.29, 0.717) is 10.0 Å². The van der Waals surface area contributed by atoms with Crippen LogP contribution in [-0.2, 0) is 16.8 Å². The highest BCUT2D eigenvalue weighted by Crippen LogP contribution is 2.18. The van der Waals surface area contributed by atoms with Crippen LogP contribution < -0.4 is 0 Å². The number of benzene rings is 1. The summed E-state index contributed by atoms with van der Waals surface area (Å²) in [6, 6.07) is 4.50. The van der Waals surface area contributed by atoms with E-state index in [9.17, 15) is 9.00 Å². The molecule has 1 rings (SSSR count). The molecule has 0 heterocycles. The Kier molecular flexibility index (Phi) is 3.79. The van der Waals surface area contributed by atoms with Crippen LogP contribution in [0.3, 0.4) is 0 Å². The molecule has 0 aliphatic rings. The van der Waals surface area contributed by atoms with Gasteiger partial charge in [-0.1, -0.05) is 15.9 Å². The largest absolute Gasteiger partial charge is 0.478 e. The van der Waals surface area contributed by atoms with Gasteiger partial charge < -0.3 is 9.66 Å². The minimum Gasteiger partial charge on any atom is -0.478 e. The van der Waals surface area contributed by atoms with E-state index in [-0.39, 0.29) is 11.3 Å². The molecule has 0 aliphatic carbocycles. The molecule has 2 N–H and O–H groups in total. The third-order valence-electron chi connectivity index (χ3n) is 1.58. The summed E-state index contributed by atoms with van der Waals surface area (Å²) < 4.78 is 19.9. The monoisotopic (exact) mass is 278 g/mol. The van der Waals surface area contributed by atoms with Crippen LogP contribution in [0.15, 0.2) is 22.7 Å². The number of halogens is 1. The van der Waals surface area contributed by atoms with E-state index in [0.717, 1.165) is 0 Å². The zero-order valence-electron chi connectivity index (χ0n) is 6.94. The lowest BCUT2D eigenvalue weighted by Crippen LogP contribution is -2.04. The molecular weight excluding hydrogens is 272 g/mol. The maximum atomic E-state index is 10.7. The molecule has 0 saturated heterocycles. The summed E-state index contributed by atoms with van der Waals surface area (Å²) in [6.07, 6.45) is 0. The number of hydrogen-bond donors (Lipinski definition) is 2. The molecule has 4 nitrogen and oxygen atoms in total. The van der Waals surface area contributed by atoms with Gasteiger partial charge in [0.1, 0.15) is 0 Å². The van der Waals surface area contributed by atoms with Crippen molar-refractivity contribution in [3.63, 3.8) is 0 Å². The quantitative estimate of drug-likeness (QED) is 0.828. The zero-order valence-corrected chi connectivity index (χ0v) is 9.34. The number of carbonyl (C=O) groups is 1. The highest BCUT2D eigenvalue weighted by molar-refractivity contribution is 9.10. The summed E-state index contributed by atoms with van der Waals surface area (Å²) in [6.45, 7) is 0. The Bertz CT molecular complexity index is 391. The fourth-order valence-electron chi connectivity index (χ4n) is 1.02. The fraction of sp³-hybridized carbons (Fsp3) is 0.125. The van der Waals surface area contributed by atoms with E-state index in [1.54, 1.807) is 6.07 Å². The van der Waals surface area contributed by atoms with Crippen molar-refractivity contribution in [2.45, 2.75) is 5.75 Å². The minimum atomic E-state index is -2.04. The maximum absolute atomic E-state index is 10.7. The molecule has 0 aliphatic heterocycles. The SMILES string of the molecule is O=C(O)c1ccc(Br)cc1CS(=O)O. The van der Waals surface area contributed by atoms with E-state index in [1.807, 2.05) is 0 Å². The van der Waals surface area contributed by atoms with Gasteiger partial charge in [0.05, 0.1) is 11.3 Å². The highest BCUT2D eigenvalue weighted by Gasteiger charge is 2.11. The summed E-state index contributed by atoms with van der Waals surface area (Å²) in [7, 11) is 0. The summed E-state index contributed by atoms with van der Waals surface area (Å²) in [5, 5.41) is 8.77. The number of carboxylic acids is 1. The molecule has 0 bridgehead atoms. The third-order valence-corrected chi connectivity index (χ3v) is 2.63. The Labute approximate surface area is 91.4 Å². The van der Waals surface area contributed by atoms with Crippen molar-refractivity contribution >= 4 is 33.0 Å². The van der Waals surface area contributed by atoms with E-state index in [4.69, 9.17) is 9.66 Å². The third kappa shape index (κ3) is 2.90. The van der Waals surface area contributed by atoms with E-state index in [1.165, 1.54) is 12.1 Å². The molecule has 1 aromatic carbocycles. The van der Waals surface area contributed by atoms with Crippen LogP contribution in [0.1, 0.15) is 15.9 Å². The van der Waals surface area contributed by atoms with Crippen LogP contribution in [0.25, 0.3) is 0 Å². The van der Waals surface area contributed by atoms with Crippen LogP contribution in [0, 0.1) is 0 Å². The second-order valence-corrected chi connectivity index (χ2v) is 4.42. The Balaban J connectivity index is 3.15. The lowest BCUT2D eigenvalue weighted by molar-refractivity contribution is 0.0696. The van der Waals surface area contributed by atoms with Crippen LogP contribution in [0.5, 0.6) is 0 Å². The Morgan fingerprint density at radius 3 is 2.64 bits per heavy atom. The number of rotatable bonds is 3. The topological polar surface area (TPSA) is 74.6 Å². The predicted octanol–water partition coefficient (Wildman–Crippen LogP) is 1.87. The minimum absolute atomic E-state index is 0.0515. The summed E-state index contributed by atoms with van der Waals surface area (Å²) in [5.74, 6) is -1.28. The second-order valence-electron chi connectivity index (χ2n) is 2.57. The van der Waals surface area contributed by atoms with Crippen LogP contribution in [0.4, 0.5) is 0 Å². The fourth-order valence-corrected chi connectivity index (χ4v) is 1.94. The van der Waals surface area contributed by atoms with Gasteiger partial charge in [-0.3, -0.25) is 0 Å². The summed E-state index contributed by atoms with van der Waals surface area (Å²) in [4.78, 5) is 10.7. The van der Waals surface area contributed by atoms with Crippen LogP contribution >= 0.6 is 15.9 Å². The van der Waals surface area contributed by atoms with E-state index >= 15 is 0 Å². The molecule has 0 fully saturated rings. The smallest absolute Gasteiger partial charge is 0.335 e. The molecule has 1 atom stereocenters. The first-order valence-electron chi connectivity index (χ1n) is 3.60. The molecule has 0 aromatic heterocycles. The van der Waals surface area contributed by atoms with Crippen molar-refractivity contribution in [2.24, 2.45) is 0 Å². The van der Waals surface area contributed by atoms with Crippen LogP contribution in [0.2, 0.25) is 0 Å². The first kappa shape index (κ1) is 11.4. The van der Waals surface area contributed by atoms with Gasteiger partial charge in [-0.2, -0.15) is 0 Å². The molecule has 1 unspecified atom stereocenters. The van der Waals surface area contributed by atoms with Crippen molar-refractivity contribution in [1.29, 1.82) is 0 Å². The number of carboxylic acid groups (broad SMARTS) is 1. The standard InChI is InChI=1S/C8H7BrO4S/c9-6-1-2-7(8(10)11)5(3-6)4-14(12)13/h1-3H,4H2,(H,10,11)(H,12,13). The normalized spacial score (nSPS) is 12.4. The van der Waals surface area contributed by atoms with Gasteiger partial charge in [-0.15, -0.1) is 0 Å². The Morgan fingerprint density at radius 2 is 2.14 bits per heavy atom. The molecule has 0 saturated carbocycles. The van der Waals surface area contributed by atoms with Crippen molar-refractivity contribution in [3.8, 4) is 0 Å². The molecule has 0 amide bonds. The lowest BCUT2D eigenvalue weighted by Gasteiger charge is -2.03. The van der Waals surface area contributed by atoms with E-state index < -0.39 is 17.0 Å². The molecule has 14 heavy (non-hydrogen) atoms. The Hall–Kier alpha value is -0.720. The van der Waals surface area contributed by atoms with Crippen molar-refractivity contribution in [2.75, 3.05) is 0 Å². The molecule has 6 heteroatoms. The van der Waals surface area contributed by atoms with Crippen LogP contribution in [-0.4, -0.2) is 19.8 Å². The maximum Gasteiger partial charge on any atom is 0.335 e. The van der Waals surface area contributed by atoms with Gasteiger partial charge in [0, 0.05) is 4.47 Å². The van der Waals surface area contributed by atoms with Gasteiger partial charge in [0.25, 0.3) is 0 Å².